The molecule has 2 aromatic carbocycles. The summed E-state index contributed by atoms with van der Waals surface area (Å²) in [5.41, 5.74) is 1.69. The molecule has 0 bridgehead atoms. The lowest BCUT2D eigenvalue weighted by Gasteiger charge is -2.03. The Kier molecular flexibility index (Phi) is 3.41. The number of benzene rings is 2. The second kappa shape index (κ2) is 5.37. The van der Waals surface area contributed by atoms with Gasteiger partial charge in [-0.1, -0.05) is 11.3 Å². The van der Waals surface area contributed by atoms with E-state index in [2.05, 4.69) is 10.3 Å². The van der Waals surface area contributed by atoms with Crippen LogP contribution < -0.4 is 10.1 Å². The lowest BCUT2D eigenvalue weighted by molar-refractivity contribution is -0.384. The van der Waals surface area contributed by atoms with Gasteiger partial charge in [-0.3, -0.25) is 10.1 Å². The Hall–Kier alpha value is -2.67. The molecule has 0 amide bonds. The lowest BCUT2D eigenvalue weighted by atomic mass is 10.3. The minimum atomic E-state index is -0.407. The van der Waals surface area contributed by atoms with Crippen molar-refractivity contribution in [2.75, 3.05) is 12.4 Å². The van der Waals surface area contributed by atoms with Crippen LogP contribution in [0.3, 0.4) is 0 Å². The van der Waals surface area contributed by atoms with Crippen LogP contribution in [-0.2, 0) is 0 Å². The minimum absolute atomic E-state index is 0.0714. The van der Waals surface area contributed by atoms with Crippen molar-refractivity contribution >= 4 is 38.1 Å². The Morgan fingerprint density at radius 2 is 2.00 bits per heavy atom. The fraction of sp³-hybridized carbons (Fsp3) is 0.0714. The van der Waals surface area contributed by atoms with Gasteiger partial charge in [0.25, 0.3) is 5.69 Å². The Balaban J connectivity index is 1.88. The van der Waals surface area contributed by atoms with Gasteiger partial charge in [0, 0.05) is 17.8 Å². The van der Waals surface area contributed by atoms with E-state index in [0.29, 0.717) is 5.13 Å². The summed E-state index contributed by atoms with van der Waals surface area (Å²) in [7, 11) is 1.61. The van der Waals surface area contributed by atoms with Crippen molar-refractivity contribution in [3.63, 3.8) is 0 Å². The number of hydrogen-bond donors (Lipinski definition) is 1. The van der Waals surface area contributed by atoms with Crippen LogP contribution in [0.4, 0.5) is 16.5 Å². The van der Waals surface area contributed by atoms with Crippen molar-refractivity contribution in [3.8, 4) is 5.75 Å². The standard InChI is InChI=1S/C14H11N3O3S/c1-20-11-5-2-9(3-6-11)15-14-16-12-7-4-10(17(18)19)8-13(12)21-14/h2-8H,1H3,(H,15,16). The number of methoxy groups -OCH3 is 1. The smallest absolute Gasteiger partial charge is 0.270 e. The molecule has 0 saturated heterocycles. The van der Waals surface area contributed by atoms with Crippen molar-refractivity contribution in [2.45, 2.75) is 0 Å². The number of rotatable bonds is 4. The first-order chi connectivity index (χ1) is 10.2. The molecule has 0 aliphatic heterocycles. The molecule has 1 N–H and O–H groups in total. The maximum Gasteiger partial charge on any atom is 0.270 e. The highest BCUT2D eigenvalue weighted by molar-refractivity contribution is 7.22. The largest absolute Gasteiger partial charge is 0.497 e. The van der Waals surface area contributed by atoms with Crippen molar-refractivity contribution in [2.24, 2.45) is 0 Å². The third-order valence-electron chi connectivity index (χ3n) is 2.92. The monoisotopic (exact) mass is 301 g/mol. The molecule has 0 unspecified atom stereocenters. The zero-order valence-electron chi connectivity index (χ0n) is 11.1. The summed E-state index contributed by atoms with van der Waals surface area (Å²) >= 11 is 1.38. The fourth-order valence-electron chi connectivity index (χ4n) is 1.88. The highest BCUT2D eigenvalue weighted by Crippen LogP contribution is 2.31. The van der Waals surface area contributed by atoms with Crippen LogP contribution >= 0.6 is 11.3 Å². The molecule has 0 aliphatic carbocycles. The van der Waals surface area contributed by atoms with Gasteiger partial charge in [0.1, 0.15) is 5.75 Å². The summed E-state index contributed by atoms with van der Waals surface area (Å²) in [6.45, 7) is 0. The van der Waals surface area contributed by atoms with Crippen LogP contribution in [0.25, 0.3) is 10.2 Å². The van der Waals surface area contributed by atoms with Gasteiger partial charge in [0.15, 0.2) is 5.13 Å². The number of non-ortho nitro benzene ring substituents is 1. The van der Waals surface area contributed by atoms with Gasteiger partial charge in [-0.25, -0.2) is 4.98 Å². The molecule has 0 spiro atoms. The number of ether oxygens (including phenoxy) is 1. The van der Waals surface area contributed by atoms with Gasteiger partial charge >= 0.3 is 0 Å². The first-order valence-electron chi connectivity index (χ1n) is 6.12. The summed E-state index contributed by atoms with van der Waals surface area (Å²) in [5, 5.41) is 14.6. The second-order valence-electron chi connectivity index (χ2n) is 4.28. The Morgan fingerprint density at radius 3 is 2.67 bits per heavy atom. The molecule has 0 radical (unpaired) electrons. The highest BCUT2D eigenvalue weighted by atomic mass is 32.1. The number of nitro groups is 1. The molecule has 6 nitrogen and oxygen atoms in total. The quantitative estimate of drug-likeness (QED) is 0.583. The molecule has 21 heavy (non-hydrogen) atoms. The van der Waals surface area contributed by atoms with E-state index >= 15 is 0 Å². The molecule has 0 fully saturated rings. The molecule has 1 aromatic heterocycles. The van der Waals surface area contributed by atoms with E-state index in [9.17, 15) is 10.1 Å². The SMILES string of the molecule is COc1ccc(Nc2nc3ccc([N+](=O)[O-])cc3s2)cc1. The van der Waals surface area contributed by atoms with Gasteiger partial charge in [-0.05, 0) is 30.3 Å². The Bertz CT molecular complexity index is 799. The third kappa shape index (κ3) is 2.77. The van der Waals surface area contributed by atoms with E-state index in [1.54, 1.807) is 13.2 Å². The van der Waals surface area contributed by atoms with Crippen molar-refractivity contribution in [1.29, 1.82) is 0 Å². The van der Waals surface area contributed by atoms with E-state index in [0.717, 1.165) is 21.7 Å². The number of nitrogens with one attached hydrogen (secondary N) is 1. The van der Waals surface area contributed by atoms with Crippen LogP contribution in [-0.4, -0.2) is 17.0 Å². The van der Waals surface area contributed by atoms with Crippen molar-refractivity contribution in [1.82, 2.24) is 4.98 Å². The number of nitro benzene ring substituents is 1. The average Bonchev–Trinajstić information content (AvgIpc) is 2.89. The van der Waals surface area contributed by atoms with Crippen LogP contribution in [0, 0.1) is 10.1 Å². The predicted molar refractivity (Wildman–Crippen MR) is 82.6 cm³/mol. The molecule has 1 heterocycles. The maximum atomic E-state index is 10.8. The molecule has 3 aromatic rings. The van der Waals surface area contributed by atoms with E-state index < -0.39 is 4.92 Å². The first-order valence-corrected chi connectivity index (χ1v) is 6.93. The van der Waals surface area contributed by atoms with Crippen LogP contribution in [0.1, 0.15) is 0 Å². The van der Waals surface area contributed by atoms with E-state index in [1.165, 1.54) is 23.5 Å². The number of fused-ring (bicyclic) bond motifs is 1. The van der Waals surface area contributed by atoms with Gasteiger partial charge in [0.2, 0.25) is 0 Å². The number of nitrogens with zero attached hydrogens (tertiary/aromatic N) is 2. The summed E-state index contributed by atoms with van der Waals surface area (Å²) in [6, 6.07) is 12.1. The summed E-state index contributed by atoms with van der Waals surface area (Å²) in [6.07, 6.45) is 0. The molecular weight excluding hydrogens is 290 g/mol. The van der Waals surface area contributed by atoms with Gasteiger partial charge in [0.05, 0.1) is 22.2 Å². The highest BCUT2D eigenvalue weighted by Gasteiger charge is 2.10. The molecule has 7 heteroatoms. The topological polar surface area (TPSA) is 77.3 Å². The molecule has 0 aliphatic rings. The molecular formula is C14H11N3O3S. The molecule has 0 atom stereocenters. The Morgan fingerprint density at radius 1 is 1.24 bits per heavy atom. The van der Waals surface area contributed by atoms with Crippen molar-refractivity contribution in [3.05, 3.63) is 52.6 Å². The first kappa shape index (κ1) is 13.3. The average molecular weight is 301 g/mol. The number of hydrogen-bond acceptors (Lipinski definition) is 6. The number of thiazole rings is 1. The fourth-order valence-corrected chi connectivity index (χ4v) is 2.80. The van der Waals surface area contributed by atoms with Crippen molar-refractivity contribution < 1.29 is 9.66 Å². The summed E-state index contributed by atoms with van der Waals surface area (Å²) in [5.74, 6) is 0.778. The third-order valence-corrected chi connectivity index (χ3v) is 3.86. The van der Waals surface area contributed by atoms with E-state index in [1.807, 2.05) is 24.3 Å². The lowest BCUT2D eigenvalue weighted by Crippen LogP contribution is -1.89. The maximum absolute atomic E-state index is 10.8. The number of anilines is 2. The number of aromatic nitrogens is 1. The van der Waals surface area contributed by atoms with Crippen LogP contribution in [0.15, 0.2) is 42.5 Å². The van der Waals surface area contributed by atoms with E-state index in [4.69, 9.17) is 4.74 Å². The van der Waals surface area contributed by atoms with Crippen LogP contribution in [0.2, 0.25) is 0 Å². The Labute approximate surface area is 124 Å². The predicted octanol–water partition coefficient (Wildman–Crippen LogP) is 3.96. The van der Waals surface area contributed by atoms with Crippen LogP contribution in [0.5, 0.6) is 5.75 Å². The molecule has 106 valence electrons. The normalized spacial score (nSPS) is 10.5. The zero-order chi connectivity index (χ0) is 14.8. The molecule has 0 saturated carbocycles. The van der Waals surface area contributed by atoms with Gasteiger partial charge in [-0.15, -0.1) is 0 Å². The zero-order valence-corrected chi connectivity index (χ0v) is 11.9. The van der Waals surface area contributed by atoms with E-state index in [-0.39, 0.29) is 5.69 Å². The molecule has 3 rings (SSSR count). The summed E-state index contributed by atoms with van der Waals surface area (Å²) < 4.78 is 5.88. The van der Waals surface area contributed by atoms with Gasteiger partial charge < -0.3 is 10.1 Å². The van der Waals surface area contributed by atoms with Gasteiger partial charge in [-0.2, -0.15) is 0 Å². The summed E-state index contributed by atoms with van der Waals surface area (Å²) in [4.78, 5) is 14.8. The second-order valence-corrected chi connectivity index (χ2v) is 5.31. The minimum Gasteiger partial charge on any atom is -0.497 e.